The number of rotatable bonds is 3. The van der Waals surface area contributed by atoms with Gasteiger partial charge in [-0.2, -0.15) is 4.98 Å². The molecule has 0 aliphatic carbocycles. The maximum atomic E-state index is 5.92. The Balaban J connectivity index is 2.36. The summed E-state index contributed by atoms with van der Waals surface area (Å²) in [5.41, 5.74) is 6.99. The van der Waals surface area contributed by atoms with Crippen LogP contribution in [0.25, 0.3) is 11.5 Å². The maximum Gasteiger partial charge on any atom is 0.266 e. The average molecular weight is 253 g/mol. The standard InChI is InChI=1S/C11H13ClN4O/c1-3-16(2)11-14-10(17-15-11)7-4-8(12)6-9(13)5-7/h4-6H,3,13H2,1-2H3. The molecule has 0 saturated heterocycles. The Kier molecular flexibility index (Phi) is 3.19. The molecule has 0 unspecified atom stereocenters. The van der Waals surface area contributed by atoms with Crippen molar-refractivity contribution < 1.29 is 4.52 Å². The van der Waals surface area contributed by atoms with Gasteiger partial charge in [-0.15, -0.1) is 0 Å². The molecule has 0 bridgehead atoms. The van der Waals surface area contributed by atoms with Gasteiger partial charge >= 0.3 is 0 Å². The third-order valence-electron chi connectivity index (χ3n) is 2.40. The van der Waals surface area contributed by atoms with Gasteiger partial charge in [0.1, 0.15) is 0 Å². The molecule has 2 N–H and O–H groups in total. The van der Waals surface area contributed by atoms with E-state index in [1.54, 1.807) is 18.2 Å². The molecule has 0 saturated carbocycles. The number of hydrogen-bond donors (Lipinski definition) is 1. The molecule has 0 amide bonds. The lowest BCUT2D eigenvalue weighted by molar-refractivity contribution is 0.430. The Morgan fingerprint density at radius 2 is 2.18 bits per heavy atom. The number of hydrogen-bond acceptors (Lipinski definition) is 5. The van der Waals surface area contributed by atoms with Crippen LogP contribution in [0.3, 0.4) is 0 Å². The lowest BCUT2D eigenvalue weighted by Gasteiger charge is -2.08. The Morgan fingerprint density at radius 3 is 2.82 bits per heavy atom. The number of nitrogens with two attached hydrogens (primary N) is 1. The zero-order valence-electron chi connectivity index (χ0n) is 9.64. The number of benzene rings is 1. The van der Waals surface area contributed by atoms with Crippen LogP contribution in [-0.4, -0.2) is 23.7 Å². The van der Waals surface area contributed by atoms with Gasteiger partial charge in [-0.05, 0) is 30.3 Å². The van der Waals surface area contributed by atoms with Crippen molar-refractivity contribution in [2.75, 3.05) is 24.2 Å². The summed E-state index contributed by atoms with van der Waals surface area (Å²) in [6.07, 6.45) is 0. The first-order valence-corrected chi connectivity index (χ1v) is 5.59. The molecule has 0 aliphatic rings. The van der Waals surface area contributed by atoms with E-state index in [2.05, 4.69) is 10.1 Å². The van der Waals surface area contributed by atoms with E-state index in [-0.39, 0.29) is 0 Å². The van der Waals surface area contributed by atoms with Crippen molar-refractivity contribution in [3.8, 4) is 11.5 Å². The van der Waals surface area contributed by atoms with Crippen molar-refractivity contribution in [2.24, 2.45) is 0 Å². The summed E-state index contributed by atoms with van der Waals surface area (Å²) in [4.78, 5) is 6.14. The van der Waals surface area contributed by atoms with E-state index < -0.39 is 0 Å². The summed E-state index contributed by atoms with van der Waals surface area (Å²) in [5, 5.41) is 4.42. The van der Waals surface area contributed by atoms with Crippen LogP contribution < -0.4 is 10.6 Å². The number of anilines is 2. The van der Waals surface area contributed by atoms with Crippen LogP contribution in [-0.2, 0) is 0 Å². The third kappa shape index (κ3) is 2.50. The Morgan fingerprint density at radius 1 is 1.41 bits per heavy atom. The van der Waals surface area contributed by atoms with Crippen molar-refractivity contribution in [3.05, 3.63) is 23.2 Å². The number of halogens is 1. The maximum absolute atomic E-state index is 5.92. The molecule has 0 aliphatic heterocycles. The zero-order valence-corrected chi connectivity index (χ0v) is 10.4. The molecule has 2 aromatic rings. The molecule has 0 spiro atoms. The third-order valence-corrected chi connectivity index (χ3v) is 2.62. The van der Waals surface area contributed by atoms with E-state index in [9.17, 15) is 0 Å². The molecule has 5 nitrogen and oxygen atoms in total. The fraction of sp³-hybridized carbons (Fsp3) is 0.273. The van der Waals surface area contributed by atoms with Crippen molar-refractivity contribution in [1.82, 2.24) is 10.1 Å². The summed E-state index contributed by atoms with van der Waals surface area (Å²) in [7, 11) is 1.89. The number of nitrogen functional groups attached to an aromatic ring is 1. The topological polar surface area (TPSA) is 68.2 Å². The summed E-state index contributed by atoms with van der Waals surface area (Å²) in [5.74, 6) is 0.954. The van der Waals surface area contributed by atoms with Crippen LogP contribution in [0.5, 0.6) is 0 Å². The minimum absolute atomic E-state index is 0.412. The second-order valence-corrected chi connectivity index (χ2v) is 4.12. The molecule has 0 radical (unpaired) electrons. The van der Waals surface area contributed by atoms with Gasteiger partial charge in [-0.3, -0.25) is 0 Å². The van der Waals surface area contributed by atoms with Gasteiger partial charge in [0.05, 0.1) is 0 Å². The van der Waals surface area contributed by atoms with Gasteiger partial charge in [0.25, 0.3) is 11.8 Å². The van der Waals surface area contributed by atoms with E-state index in [1.165, 1.54) is 0 Å². The second kappa shape index (κ2) is 4.63. The molecule has 17 heavy (non-hydrogen) atoms. The van der Waals surface area contributed by atoms with Crippen LogP contribution >= 0.6 is 11.6 Å². The Bertz CT molecular complexity index is 506. The molecule has 90 valence electrons. The van der Waals surface area contributed by atoms with Crippen molar-refractivity contribution >= 4 is 23.2 Å². The van der Waals surface area contributed by atoms with E-state index in [4.69, 9.17) is 21.9 Å². The molecular weight excluding hydrogens is 240 g/mol. The molecule has 0 fully saturated rings. The Hall–Kier alpha value is -1.75. The average Bonchev–Trinajstić information content (AvgIpc) is 2.76. The SMILES string of the molecule is CCN(C)c1noc(-c2cc(N)cc(Cl)c2)n1. The van der Waals surface area contributed by atoms with Crippen molar-refractivity contribution in [1.29, 1.82) is 0 Å². The van der Waals surface area contributed by atoms with Crippen LogP contribution in [0, 0.1) is 0 Å². The van der Waals surface area contributed by atoms with E-state index in [0.717, 1.165) is 12.1 Å². The van der Waals surface area contributed by atoms with Gasteiger partial charge in [-0.1, -0.05) is 11.6 Å². The normalized spacial score (nSPS) is 10.5. The lowest BCUT2D eigenvalue weighted by Crippen LogP contribution is -2.16. The monoisotopic (exact) mass is 252 g/mol. The van der Waals surface area contributed by atoms with E-state index in [1.807, 2.05) is 18.9 Å². The lowest BCUT2D eigenvalue weighted by atomic mass is 10.2. The molecular formula is C11H13ClN4O. The molecule has 6 heteroatoms. The molecule has 2 rings (SSSR count). The first-order chi connectivity index (χ1) is 8.10. The molecule has 1 aromatic carbocycles. The van der Waals surface area contributed by atoms with Crippen LogP contribution in [0.15, 0.2) is 22.7 Å². The van der Waals surface area contributed by atoms with Crippen LogP contribution in [0.1, 0.15) is 6.92 Å². The minimum atomic E-state index is 0.412. The van der Waals surface area contributed by atoms with Gasteiger partial charge in [-0.25, -0.2) is 0 Å². The smallest absolute Gasteiger partial charge is 0.266 e. The van der Waals surface area contributed by atoms with E-state index in [0.29, 0.717) is 22.5 Å². The quantitative estimate of drug-likeness (QED) is 0.850. The van der Waals surface area contributed by atoms with Gasteiger partial charge < -0.3 is 15.2 Å². The molecule has 0 atom stereocenters. The van der Waals surface area contributed by atoms with Gasteiger partial charge in [0.2, 0.25) is 0 Å². The predicted octanol–water partition coefficient (Wildman–Crippen LogP) is 2.43. The second-order valence-electron chi connectivity index (χ2n) is 3.69. The number of aromatic nitrogens is 2. The summed E-state index contributed by atoms with van der Waals surface area (Å²) in [6, 6.07) is 5.15. The Labute approximate surface area is 104 Å². The first kappa shape index (κ1) is 11.7. The van der Waals surface area contributed by atoms with Gasteiger partial charge in [0.15, 0.2) is 0 Å². The highest BCUT2D eigenvalue weighted by atomic mass is 35.5. The molecule has 1 heterocycles. The largest absolute Gasteiger partial charge is 0.399 e. The highest BCUT2D eigenvalue weighted by molar-refractivity contribution is 6.31. The summed E-state index contributed by atoms with van der Waals surface area (Å²) in [6.45, 7) is 2.81. The first-order valence-electron chi connectivity index (χ1n) is 5.21. The highest BCUT2D eigenvalue weighted by Gasteiger charge is 2.12. The van der Waals surface area contributed by atoms with Gasteiger partial charge in [0, 0.05) is 29.9 Å². The van der Waals surface area contributed by atoms with Crippen molar-refractivity contribution in [3.63, 3.8) is 0 Å². The predicted molar refractivity (Wildman–Crippen MR) is 68.1 cm³/mol. The number of nitrogens with zero attached hydrogens (tertiary/aromatic N) is 3. The fourth-order valence-electron chi connectivity index (χ4n) is 1.37. The minimum Gasteiger partial charge on any atom is -0.399 e. The van der Waals surface area contributed by atoms with Crippen LogP contribution in [0.4, 0.5) is 11.6 Å². The van der Waals surface area contributed by atoms with Crippen molar-refractivity contribution in [2.45, 2.75) is 6.92 Å². The molecule has 1 aromatic heterocycles. The van der Waals surface area contributed by atoms with E-state index >= 15 is 0 Å². The highest BCUT2D eigenvalue weighted by Crippen LogP contribution is 2.25. The summed E-state index contributed by atoms with van der Waals surface area (Å²) >= 11 is 5.92. The fourth-order valence-corrected chi connectivity index (χ4v) is 1.61. The summed E-state index contributed by atoms with van der Waals surface area (Å²) < 4.78 is 5.17. The van der Waals surface area contributed by atoms with Crippen LogP contribution in [0.2, 0.25) is 5.02 Å². The zero-order chi connectivity index (χ0) is 12.4.